The van der Waals surface area contributed by atoms with Crippen LogP contribution in [0.15, 0.2) is 71.3 Å². The standard InChI is InChI=1S/C26H30FN3O3/c1-3-14-29(26(32)28-23-8-5-7-20(4-2)16-23)19-25(31)30(18-24-9-6-15-33-24)17-21-10-12-22(27)13-11-21/h5-13,15-16H,3-4,14,17-19H2,1-2H3,(H,28,32). The Morgan fingerprint density at radius 2 is 1.73 bits per heavy atom. The second-order valence-corrected chi connectivity index (χ2v) is 7.86. The zero-order valence-electron chi connectivity index (χ0n) is 19.1. The molecular weight excluding hydrogens is 421 g/mol. The minimum Gasteiger partial charge on any atom is -0.467 e. The third kappa shape index (κ3) is 7.20. The van der Waals surface area contributed by atoms with Crippen LogP contribution in [0.25, 0.3) is 0 Å². The van der Waals surface area contributed by atoms with Gasteiger partial charge in [0.15, 0.2) is 0 Å². The molecule has 6 nitrogen and oxygen atoms in total. The molecule has 33 heavy (non-hydrogen) atoms. The first-order valence-electron chi connectivity index (χ1n) is 11.2. The first kappa shape index (κ1) is 24.0. The second-order valence-electron chi connectivity index (χ2n) is 7.86. The van der Waals surface area contributed by atoms with Crippen molar-refractivity contribution in [1.82, 2.24) is 9.80 Å². The normalized spacial score (nSPS) is 10.6. The van der Waals surface area contributed by atoms with E-state index in [9.17, 15) is 14.0 Å². The van der Waals surface area contributed by atoms with Crippen LogP contribution in [-0.4, -0.2) is 34.8 Å². The molecule has 3 aromatic rings. The average Bonchev–Trinajstić information content (AvgIpc) is 3.33. The molecule has 0 saturated carbocycles. The van der Waals surface area contributed by atoms with Gasteiger partial charge in [0.1, 0.15) is 18.1 Å². The average molecular weight is 452 g/mol. The predicted octanol–water partition coefficient (Wildman–Crippen LogP) is 5.45. The highest BCUT2D eigenvalue weighted by molar-refractivity contribution is 5.92. The molecule has 3 rings (SSSR count). The van der Waals surface area contributed by atoms with Gasteiger partial charge in [-0.3, -0.25) is 4.79 Å². The highest BCUT2D eigenvalue weighted by atomic mass is 19.1. The summed E-state index contributed by atoms with van der Waals surface area (Å²) in [4.78, 5) is 29.4. The van der Waals surface area contributed by atoms with Crippen molar-refractivity contribution in [2.24, 2.45) is 0 Å². The maximum absolute atomic E-state index is 13.3. The monoisotopic (exact) mass is 451 g/mol. The minimum absolute atomic E-state index is 0.0744. The summed E-state index contributed by atoms with van der Waals surface area (Å²) in [5, 5.41) is 2.90. The number of halogens is 1. The predicted molar refractivity (Wildman–Crippen MR) is 126 cm³/mol. The lowest BCUT2D eigenvalue weighted by Gasteiger charge is -2.27. The van der Waals surface area contributed by atoms with E-state index in [0.29, 0.717) is 24.4 Å². The van der Waals surface area contributed by atoms with Crippen molar-refractivity contribution in [2.75, 3.05) is 18.4 Å². The van der Waals surface area contributed by atoms with Crippen LogP contribution in [0.4, 0.5) is 14.9 Å². The summed E-state index contributed by atoms with van der Waals surface area (Å²) in [7, 11) is 0. The number of urea groups is 1. The number of carbonyl (C=O) groups excluding carboxylic acids is 2. The van der Waals surface area contributed by atoms with Crippen molar-refractivity contribution in [1.29, 1.82) is 0 Å². The largest absolute Gasteiger partial charge is 0.467 e. The molecule has 0 unspecified atom stereocenters. The molecule has 2 aromatic carbocycles. The van der Waals surface area contributed by atoms with Gasteiger partial charge in [0.2, 0.25) is 5.91 Å². The maximum Gasteiger partial charge on any atom is 0.322 e. The highest BCUT2D eigenvalue weighted by Crippen LogP contribution is 2.15. The van der Waals surface area contributed by atoms with E-state index in [0.717, 1.165) is 17.5 Å². The van der Waals surface area contributed by atoms with E-state index >= 15 is 0 Å². The summed E-state index contributed by atoms with van der Waals surface area (Å²) in [5.74, 6) is 0.0792. The van der Waals surface area contributed by atoms with Gasteiger partial charge < -0.3 is 19.5 Å². The van der Waals surface area contributed by atoms with E-state index < -0.39 is 0 Å². The van der Waals surface area contributed by atoms with Gasteiger partial charge in [0.05, 0.1) is 12.8 Å². The number of rotatable bonds is 10. The van der Waals surface area contributed by atoms with Crippen LogP contribution in [0.5, 0.6) is 0 Å². The first-order chi connectivity index (χ1) is 16.0. The Balaban J connectivity index is 1.73. The quantitative estimate of drug-likeness (QED) is 0.446. The fourth-order valence-corrected chi connectivity index (χ4v) is 3.49. The molecule has 0 aliphatic carbocycles. The van der Waals surface area contributed by atoms with Crippen LogP contribution in [0.2, 0.25) is 0 Å². The minimum atomic E-state index is -0.333. The Kier molecular flexibility index (Phi) is 8.63. The van der Waals surface area contributed by atoms with Gasteiger partial charge in [-0.25, -0.2) is 9.18 Å². The van der Waals surface area contributed by atoms with Gasteiger partial charge in [-0.05, 0) is 60.4 Å². The van der Waals surface area contributed by atoms with Crippen molar-refractivity contribution in [3.63, 3.8) is 0 Å². The third-order valence-electron chi connectivity index (χ3n) is 5.26. The Morgan fingerprint density at radius 1 is 0.939 bits per heavy atom. The zero-order chi connectivity index (χ0) is 23.6. The summed E-state index contributed by atoms with van der Waals surface area (Å²) < 4.78 is 18.7. The van der Waals surface area contributed by atoms with Crippen LogP contribution >= 0.6 is 0 Å². The summed E-state index contributed by atoms with van der Waals surface area (Å²) in [5.41, 5.74) is 2.61. The molecular formula is C26H30FN3O3. The lowest BCUT2D eigenvalue weighted by Crippen LogP contribution is -2.44. The van der Waals surface area contributed by atoms with E-state index in [2.05, 4.69) is 12.2 Å². The molecule has 0 atom stereocenters. The number of aryl methyl sites for hydroxylation is 1. The molecule has 0 radical (unpaired) electrons. The lowest BCUT2D eigenvalue weighted by molar-refractivity contribution is -0.133. The summed E-state index contributed by atoms with van der Waals surface area (Å²) >= 11 is 0. The van der Waals surface area contributed by atoms with Crippen molar-refractivity contribution in [3.8, 4) is 0 Å². The molecule has 1 aromatic heterocycles. The molecule has 1 heterocycles. The Labute approximate surface area is 194 Å². The SMILES string of the molecule is CCCN(CC(=O)N(Cc1ccc(F)cc1)Cc1ccco1)C(=O)Nc1cccc(CC)c1. The topological polar surface area (TPSA) is 65.8 Å². The van der Waals surface area contributed by atoms with E-state index in [1.54, 1.807) is 35.4 Å². The Morgan fingerprint density at radius 3 is 2.39 bits per heavy atom. The molecule has 0 aliphatic rings. The lowest BCUT2D eigenvalue weighted by atomic mass is 10.1. The number of amides is 3. The summed E-state index contributed by atoms with van der Waals surface area (Å²) in [6.07, 6.45) is 3.13. The third-order valence-corrected chi connectivity index (χ3v) is 5.26. The number of anilines is 1. The van der Waals surface area contributed by atoms with Gasteiger partial charge in [-0.15, -0.1) is 0 Å². The number of nitrogens with one attached hydrogen (secondary N) is 1. The number of hydrogen-bond acceptors (Lipinski definition) is 3. The molecule has 0 fully saturated rings. The summed E-state index contributed by atoms with van der Waals surface area (Å²) in [6, 6.07) is 16.9. The van der Waals surface area contributed by atoms with Gasteiger partial charge in [-0.2, -0.15) is 0 Å². The maximum atomic E-state index is 13.3. The van der Waals surface area contributed by atoms with Crippen molar-refractivity contribution >= 4 is 17.6 Å². The Bertz CT molecular complexity index is 1040. The van der Waals surface area contributed by atoms with Crippen LogP contribution in [0.1, 0.15) is 37.2 Å². The first-order valence-corrected chi connectivity index (χ1v) is 11.2. The number of hydrogen-bond donors (Lipinski definition) is 1. The molecule has 3 amide bonds. The number of nitrogens with zero attached hydrogens (tertiary/aromatic N) is 2. The fourth-order valence-electron chi connectivity index (χ4n) is 3.49. The molecule has 7 heteroatoms. The van der Waals surface area contributed by atoms with Crippen LogP contribution in [-0.2, 0) is 24.3 Å². The smallest absolute Gasteiger partial charge is 0.322 e. The van der Waals surface area contributed by atoms with Gasteiger partial charge >= 0.3 is 6.03 Å². The van der Waals surface area contributed by atoms with Gasteiger partial charge in [-0.1, -0.05) is 38.1 Å². The van der Waals surface area contributed by atoms with Gasteiger partial charge in [0.25, 0.3) is 0 Å². The van der Waals surface area contributed by atoms with Crippen LogP contribution in [0, 0.1) is 5.82 Å². The van der Waals surface area contributed by atoms with Crippen molar-refractivity contribution in [2.45, 2.75) is 39.8 Å². The number of benzene rings is 2. The van der Waals surface area contributed by atoms with E-state index in [1.807, 2.05) is 31.2 Å². The fraction of sp³-hybridized carbons (Fsp3) is 0.308. The molecule has 1 N–H and O–H groups in total. The Hall–Kier alpha value is -3.61. The molecule has 0 spiro atoms. The molecule has 0 saturated heterocycles. The number of furan rings is 1. The van der Waals surface area contributed by atoms with Crippen molar-refractivity contribution < 1.29 is 18.4 Å². The molecule has 0 aliphatic heterocycles. The highest BCUT2D eigenvalue weighted by Gasteiger charge is 2.22. The second kappa shape index (κ2) is 11.9. The zero-order valence-corrected chi connectivity index (χ0v) is 19.1. The van der Waals surface area contributed by atoms with Crippen LogP contribution < -0.4 is 5.32 Å². The van der Waals surface area contributed by atoms with Gasteiger partial charge in [0, 0.05) is 18.8 Å². The number of carbonyl (C=O) groups is 2. The molecule has 174 valence electrons. The van der Waals surface area contributed by atoms with E-state index in [4.69, 9.17) is 4.42 Å². The van der Waals surface area contributed by atoms with E-state index in [1.165, 1.54) is 17.0 Å². The van der Waals surface area contributed by atoms with E-state index in [-0.39, 0.29) is 37.4 Å². The molecule has 0 bridgehead atoms. The van der Waals surface area contributed by atoms with Crippen LogP contribution in [0.3, 0.4) is 0 Å². The van der Waals surface area contributed by atoms with Crippen molar-refractivity contribution in [3.05, 3.63) is 89.6 Å². The summed E-state index contributed by atoms with van der Waals surface area (Å²) in [6.45, 7) is 4.91.